The second-order valence-electron chi connectivity index (χ2n) is 7.84. The molecule has 0 saturated heterocycles. The van der Waals surface area contributed by atoms with E-state index in [-0.39, 0.29) is 23.1 Å². The van der Waals surface area contributed by atoms with E-state index in [1.54, 1.807) is 16.8 Å². The normalized spacial score (nSPS) is 19.4. The SMILES string of the molecule is CCOc1cc2c(cc1[C@@H]1CC(=O)Nc3c1c(C)nn3-c1ccc(Cl)nn1)O[C@@H](C)C2. The predicted octanol–water partition coefficient (Wildman–Crippen LogP) is 3.82. The Hall–Kier alpha value is -3.13. The first kappa shape index (κ1) is 19.8. The van der Waals surface area contributed by atoms with E-state index in [4.69, 9.17) is 21.1 Å². The smallest absolute Gasteiger partial charge is 0.226 e. The molecule has 4 heterocycles. The topological polar surface area (TPSA) is 91.2 Å². The summed E-state index contributed by atoms with van der Waals surface area (Å²) in [5.74, 6) is 2.38. The Morgan fingerprint density at radius 2 is 2.13 bits per heavy atom. The highest BCUT2D eigenvalue weighted by Gasteiger charge is 2.36. The largest absolute Gasteiger partial charge is 0.494 e. The van der Waals surface area contributed by atoms with E-state index >= 15 is 0 Å². The van der Waals surface area contributed by atoms with Crippen molar-refractivity contribution >= 4 is 23.3 Å². The molecule has 2 aliphatic heterocycles. The van der Waals surface area contributed by atoms with Crippen LogP contribution in [0.5, 0.6) is 11.5 Å². The number of anilines is 1. The molecule has 3 aromatic rings. The lowest BCUT2D eigenvalue weighted by atomic mass is 9.84. The maximum atomic E-state index is 12.7. The minimum absolute atomic E-state index is 0.0993. The van der Waals surface area contributed by atoms with Gasteiger partial charge in [0.2, 0.25) is 5.91 Å². The monoisotopic (exact) mass is 439 g/mol. The van der Waals surface area contributed by atoms with Crippen molar-refractivity contribution in [3.8, 4) is 17.3 Å². The maximum absolute atomic E-state index is 12.7. The Labute approximate surface area is 184 Å². The number of halogens is 1. The van der Waals surface area contributed by atoms with Crippen molar-refractivity contribution in [1.82, 2.24) is 20.0 Å². The number of aryl methyl sites for hydroxylation is 1. The number of hydrogen-bond donors (Lipinski definition) is 1. The molecule has 0 unspecified atom stereocenters. The van der Waals surface area contributed by atoms with Crippen molar-refractivity contribution in [2.24, 2.45) is 0 Å². The van der Waals surface area contributed by atoms with Crippen molar-refractivity contribution in [3.05, 3.63) is 51.8 Å². The zero-order valence-electron chi connectivity index (χ0n) is 17.5. The Balaban J connectivity index is 1.66. The van der Waals surface area contributed by atoms with Gasteiger partial charge < -0.3 is 14.8 Å². The van der Waals surface area contributed by atoms with Gasteiger partial charge in [-0.2, -0.15) is 9.78 Å². The fourth-order valence-electron chi connectivity index (χ4n) is 4.41. The number of aromatic nitrogens is 4. The van der Waals surface area contributed by atoms with E-state index in [1.807, 2.05) is 32.9 Å². The van der Waals surface area contributed by atoms with Crippen LogP contribution in [0, 0.1) is 6.92 Å². The van der Waals surface area contributed by atoms with E-state index in [2.05, 4.69) is 20.6 Å². The van der Waals surface area contributed by atoms with Gasteiger partial charge in [-0.25, -0.2) is 0 Å². The summed E-state index contributed by atoms with van der Waals surface area (Å²) >= 11 is 5.88. The van der Waals surface area contributed by atoms with E-state index in [0.717, 1.165) is 40.3 Å². The molecule has 1 amide bonds. The zero-order chi connectivity index (χ0) is 21.7. The summed E-state index contributed by atoms with van der Waals surface area (Å²) in [5, 5.41) is 15.9. The van der Waals surface area contributed by atoms with Gasteiger partial charge in [0, 0.05) is 35.4 Å². The van der Waals surface area contributed by atoms with Crippen LogP contribution >= 0.6 is 11.6 Å². The van der Waals surface area contributed by atoms with Crippen LogP contribution in [-0.2, 0) is 11.2 Å². The lowest BCUT2D eigenvalue weighted by Gasteiger charge is -2.26. The second-order valence-corrected chi connectivity index (χ2v) is 8.23. The highest BCUT2D eigenvalue weighted by molar-refractivity contribution is 6.29. The first-order chi connectivity index (χ1) is 14.9. The van der Waals surface area contributed by atoms with Crippen LogP contribution in [0.1, 0.15) is 48.6 Å². The molecule has 5 rings (SSSR count). The van der Waals surface area contributed by atoms with Crippen molar-refractivity contribution < 1.29 is 14.3 Å². The summed E-state index contributed by atoms with van der Waals surface area (Å²) in [6.07, 6.45) is 1.26. The molecule has 8 nitrogen and oxygen atoms in total. The van der Waals surface area contributed by atoms with Crippen LogP contribution in [0.25, 0.3) is 5.82 Å². The molecule has 0 fully saturated rings. The quantitative estimate of drug-likeness (QED) is 0.664. The van der Waals surface area contributed by atoms with E-state index in [1.165, 1.54) is 0 Å². The summed E-state index contributed by atoms with van der Waals surface area (Å²) in [4.78, 5) is 12.7. The van der Waals surface area contributed by atoms with E-state index in [9.17, 15) is 4.79 Å². The average Bonchev–Trinajstić information content (AvgIpc) is 3.26. The number of rotatable bonds is 4. The number of nitrogens with zero attached hydrogens (tertiary/aromatic N) is 4. The standard InChI is InChI=1S/C22H22ClN5O3/c1-4-30-17-8-13-7-11(2)31-16(13)9-14(17)15-10-20(29)24-22-21(15)12(3)27-28(22)19-6-5-18(23)25-26-19/h5-6,8-9,11,15H,4,7,10H2,1-3H3,(H,24,29)/t11-,15-/m0/s1. The highest BCUT2D eigenvalue weighted by Crippen LogP contribution is 2.46. The highest BCUT2D eigenvalue weighted by atomic mass is 35.5. The fourth-order valence-corrected chi connectivity index (χ4v) is 4.51. The molecule has 31 heavy (non-hydrogen) atoms. The lowest BCUT2D eigenvalue weighted by Crippen LogP contribution is -2.25. The van der Waals surface area contributed by atoms with Gasteiger partial charge >= 0.3 is 0 Å². The van der Waals surface area contributed by atoms with Gasteiger partial charge in [0.05, 0.1) is 12.3 Å². The predicted molar refractivity (Wildman–Crippen MR) is 115 cm³/mol. The minimum Gasteiger partial charge on any atom is -0.494 e. The summed E-state index contributed by atoms with van der Waals surface area (Å²) in [7, 11) is 0. The Morgan fingerprint density at radius 1 is 1.29 bits per heavy atom. The minimum atomic E-state index is -0.218. The molecule has 1 N–H and O–H groups in total. The molecule has 160 valence electrons. The van der Waals surface area contributed by atoms with Gasteiger partial charge in [-0.05, 0) is 45.0 Å². The summed E-state index contributed by atoms with van der Waals surface area (Å²) < 4.78 is 13.6. The van der Waals surface area contributed by atoms with Crippen LogP contribution in [0.3, 0.4) is 0 Å². The van der Waals surface area contributed by atoms with Crippen molar-refractivity contribution in [2.45, 2.75) is 45.6 Å². The van der Waals surface area contributed by atoms with Gasteiger partial charge in [0.15, 0.2) is 11.0 Å². The number of benzene rings is 1. The molecular formula is C22H22ClN5O3. The molecule has 0 spiro atoms. The van der Waals surface area contributed by atoms with Gasteiger partial charge in [0.1, 0.15) is 23.4 Å². The van der Waals surface area contributed by atoms with Crippen molar-refractivity contribution in [1.29, 1.82) is 0 Å². The Morgan fingerprint density at radius 3 is 2.87 bits per heavy atom. The first-order valence-electron chi connectivity index (χ1n) is 10.3. The Kier molecular flexibility index (Phi) is 4.81. The molecule has 0 saturated carbocycles. The fraction of sp³-hybridized carbons (Fsp3) is 0.364. The van der Waals surface area contributed by atoms with Crippen LogP contribution in [0.15, 0.2) is 24.3 Å². The number of hydrogen-bond acceptors (Lipinski definition) is 6. The third kappa shape index (κ3) is 3.40. The molecule has 9 heteroatoms. The summed E-state index contributed by atoms with van der Waals surface area (Å²) in [5.41, 5.74) is 3.79. The molecule has 2 aromatic heterocycles. The van der Waals surface area contributed by atoms with Crippen LogP contribution in [0.2, 0.25) is 5.15 Å². The lowest BCUT2D eigenvalue weighted by molar-refractivity contribution is -0.116. The third-order valence-electron chi connectivity index (χ3n) is 5.64. The van der Waals surface area contributed by atoms with E-state index < -0.39 is 0 Å². The van der Waals surface area contributed by atoms with Crippen LogP contribution < -0.4 is 14.8 Å². The Bertz CT molecular complexity index is 1170. The van der Waals surface area contributed by atoms with Crippen molar-refractivity contribution in [3.63, 3.8) is 0 Å². The molecule has 2 atom stereocenters. The number of nitrogens with one attached hydrogen (secondary N) is 1. The van der Waals surface area contributed by atoms with Gasteiger partial charge in [0.25, 0.3) is 0 Å². The number of fused-ring (bicyclic) bond motifs is 2. The van der Waals surface area contributed by atoms with Gasteiger partial charge in [-0.3, -0.25) is 4.79 Å². The summed E-state index contributed by atoms with van der Waals surface area (Å²) in [6.45, 7) is 6.47. The molecular weight excluding hydrogens is 418 g/mol. The summed E-state index contributed by atoms with van der Waals surface area (Å²) in [6, 6.07) is 7.43. The van der Waals surface area contributed by atoms with Crippen molar-refractivity contribution in [2.75, 3.05) is 11.9 Å². The van der Waals surface area contributed by atoms with Crippen LogP contribution in [0.4, 0.5) is 5.82 Å². The third-order valence-corrected chi connectivity index (χ3v) is 5.84. The van der Waals surface area contributed by atoms with Crippen LogP contribution in [-0.4, -0.2) is 38.6 Å². The molecule has 0 bridgehead atoms. The molecule has 1 aromatic carbocycles. The maximum Gasteiger partial charge on any atom is 0.226 e. The number of ether oxygens (including phenoxy) is 2. The zero-order valence-corrected chi connectivity index (χ0v) is 18.2. The first-order valence-corrected chi connectivity index (χ1v) is 10.7. The molecule has 2 aliphatic rings. The second kappa shape index (κ2) is 7.53. The number of carbonyl (C=O) groups excluding carboxylic acids is 1. The van der Waals surface area contributed by atoms with Gasteiger partial charge in [-0.15, -0.1) is 10.2 Å². The van der Waals surface area contributed by atoms with E-state index in [0.29, 0.717) is 24.7 Å². The number of amides is 1. The number of carbonyl (C=O) groups is 1. The van der Waals surface area contributed by atoms with Gasteiger partial charge in [-0.1, -0.05) is 11.6 Å². The average molecular weight is 440 g/mol. The molecule has 0 radical (unpaired) electrons. The molecule has 0 aliphatic carbocycles.